The van der Waals surface area contributed by atoms with E-state index in [0.29, 0.717) is 57.0 Å². The molecule has 2 N–H and O–H groups in total. The third-order valence-corrected chi connectivity index (χ3v) is 6.64. The minimum Gasteiger partial charge on any atom is -0.493 e. The Morgan fingerprint density at radius 1 is 1.10 bits per heavy atom. The molecule has 1 aliphatic rings. The standard InChI is InChI=1S/C27H30ClN7O4/c1-34-16-18(15-31-34)32-27(36)33-22-7-6-19(12-21(22)28)39-26-20-13-24(37-2)25(14-23(20)29-17-30-26)38-11-5-10-35-8-3-4-9-35/h6-7,12-17H,3-5,8-11H2,1-2H3,(H2,32,33,36). The van der Waals surface area contributed by atoms with E-state index in [1.54, 1.807) is 55.5 Å². The molecule has 3 heterocycles. The first-order chi connectivity index (χ1) is 19.0. The Morgan fingerprint density at radius 2 is 1.95 bits per heavy atom. The highest BCUT2D eigenvalue weighted by Crippen LogP contribution is 2.37. The van der Waals surface area contributed by atoms with Crippen molar-refractivity contribution in [1.29, 1.82) is 0 Å². The summed E-state index contributed by atoms with van der Waals surface area (Å²) in [5.74, 6) is 1.98. The number of fused-ring (bicyclic) bond motifs is 1. The second-order valence-corrected chi connectivity index (χ2v) is 9.58. The number of hydrogen-bond acceptors (Lipinski definition) is 8. The maximum absolute atomic E-state index is 12.3. The largest absolute Gasteiger partial charge is 0.493 e. The van der Waals surface area contributed by atoms with Gasteiger partial charge in [0.25, 0.3) is 0 Å². The minimum atomic E-state index is -0.443. The number of urea groups is 1. The third-order valence-electron chi connectivity index (χ3n) is 6.33. The van der Waals surface area contributed by atoms with Gasteiger partial charge in [-0.25, -0.2) is 14.8 Å². The zero-order valence-electron chi connectivity index (χ0n) is 21.8. The molecule has 12 heteroatoms. The molecule has 39 heavy (non-hydrogen) atoms. The van der Waals surface area contributed by atoms with Crippen molar-refractivity contribution in [3.63, 3.8) is 0 Å². The lowest BCUT2D eigenvalue weighted by Gasteiger charge is -2.16. The van der Waals surface area contributed by atoms with Crippen LogP contribution in [0, 0.1) is 0 Å². The third kappa shape index (κ3) is 6.68. The average Bonchev–Trinajstić information content (AvgIpc) is 3.59. The summed E-state index contributed by atoms with van der Waals surface area (Å²) in [6, 6.07) is 8.14. The number of aryl methyl sites for hydroxylation is 1. The van der Waals surface area contributed by atoms with Crippen LogP contribution in [-0.2, 0) is 7.05 Å². The summed E-state index contributed by atoms with van der Waals surface area (Å²) in [7, 11) is 3.36. The van der Waals surface area contributed by atoms with Crippen molar-refractivity contribution >= 4 is 39.9 Å². The number of nitrogens with zero attached hydrogens (tertiary/aromatic N) is 5. The summed E-state index contributed by atoms with van der Waals surface area (Å²) in [6.07, 6.45) is 8.16. The van der Waals surface area contributed by atoms with Crippen LogP contribution < -0.4 is 24.8 Å². The molecule has 5 rings (SSSR count). The molecule has 0 spiro atoms. The van der Waals surface area contributed by atoms with E-state index in [-0.39, 0.29) is 0 Å². The van der Waals surface area contributed by atoms with Crippen molar-refractivity contribution < 1.29 is 19.0 Å². The average molecular weight is 552 g/mol. The van der Waals surface area contributed by atoms with E-state index in [0.717, 1.165) is 13.0 Å². The number of nitrogens with one attached hydrogen (secondary N) is 2. The van der Waals surface area contributed by atoms with E-state index < -0.39 is 6.03 Å². The highest BCUT2D eigenvalue weighted by molar-refractivity contribution is 6.34. The van der Waals surface area contributed by atoms with Gasteiger partial charge in [0, 0.05) is 31.9 Å². The lowest BCUT2D eigenvalue weighted by atomic mass is 10.2. The van der Waals surface area contributed by atoms with E-state index in [1.165, 1.54) is 32.3 Å². The molecule has 0 aliphatic carbocycles. The Labute approximate surface area is 231 Å². The highest BCUT2D eigenvalue weighted by Gasteiger charge is 2.15. The van der Waals surface area contributed by atoms with Crippen LogP contribution in [-0.4, -0.2) is 64.0 Å². The van der Waals surface area contributed by atoms with Gasteiger partial charge in [-0.05, 0) is 50.6 Å². The number of ether oxygens (including phenoxy) is 3. The van der Waals surface area contributed by atoms with Crippen LogP contribution in [0.5, 0.6) is 23.1 Å². The predicted molar refractivity (Wildman–Crippen MR) is 149 cm³/mol. The molecular formula is C27H30ClN7O4. The number of halogens is 1. The Balaban J connectivity index is 1.25. The second kappa shape index (κ2) is 12.2. The molecule has 0 unspecified atom stereocenters. The molecule has 0 radical (unpaired) electrons. The summed E-state index contributed by atoms with van der Waals surface area (Å²) >= 11 is 6.42. The van der Waals surface area contributed by atoms with Gasteiger partial charge in [0.1, 0.15) is 12.1 Å². The molecule has 11 nitrogen and oxygen atoms in total. The number of anilines is 2. The van der Waals surface area contributed by atoms with Gasteiger partial charge in [0.2, 0.25) is 5.88 Å². The van der Waals surface area contributed by atoms with E-state index in [2.05, 4.69) is 30.6 Å². The molecule has 1 fully saturated rings. The molecular weight excluding hydrogens is 522 g/mol. The van der Waals surface area contributed by atoms with Crippen molar-refractivity contribution in [2.45, 2.75) is 19.3 Å². The number of likely N-dealkylation sites (tertiary alicyclic amines) is 1. The fourth-order valence-electron chi connectivity index (χ4n) is 4.41. The van der Waals surface area contributed by atoms with Gasteiger partial charge in [-0.15, -0.1) is 0 Å². The van der Waals surface area contributed by atoms with Gasteiger partial charge in [0.05, 0.1) is 47.2 Å². The number of benzene rings is 2. The Hall–Kier alpha value is -4.09. The second-order valence-electron chi connectivity index (χ2n) is 9.18. The number of amides is 2. The molecule has 204 valence electrons. The molecule has 4 aromatic rings. The fraction of sp³-hybridized carbons (Fsp3) is 0.333. The SMILES string of the molecule is COc1cc2c(Oc3ccc(NC(=O)Nc4cnn(C)c4)c(Cl)c3)ncnc2cc1OCCCN1CCCC1. The summed E-state index contributed by atoms with van der Waals surface area (Å²) in [5, 5.41) is 10.4. The van der Waals surface area contributed by atoms with E-state index >= 15 is 0 Å². The highest BCUT2D eigenvalue weighted by atomic mass is 35.5. The molecule has 1 aliphatic heterocycles. The minimum absolute atomic E-state index is 0.300. The molecule has 2 aromatic carbocycles. The fourth-order valence-corrected chi connectivity index (χ4v) is 4.63. The van der Waals surface area contributed by atoms with Crippen LogP contribution in [0.25, 0.3) is 10.9 Å². The quantitative estimate of drug-likeness (QED) is 0.254. The van der Waals surface area contributed by atoms with Crippen LogP contribution in [0.15, 0.2) is 49.1 Å². The Kier molecular flexibility index (Phi) is 8.28. The number of rotatable bonds is 10. The van der Waals surface area contributed by atoms with Crippen molar-refractivity contribution in [1.82, 2.24) is 24.6 Å². The maximum Gasteiger partial charge on any atom is 0.323 e. The zero-order chi connectivity index (χ0) is 27.2. The van der Waals surface area contributed by atoms with Crippen molar-refractivity contribution in [3.05, 3.63) is 54.1 Å². The first kappa shape index (κ1) is 26.5. The van der Waals surface area contributed by atoms with Gasteiger partial charge in [0.15, 0.2) is 11.5 Å². The number of methoxy groups -OCH3 is 1. The van der Waals surface area contributed by atoms with E-state index in [9.17, 15) is 4.79 Å². The van der Waals surface area contributed by atoms with Crippen LogP contribution in [0.3, 0.4) is 0 Å². The Morgan fingerprint density at radius 3 is 2.69 bits per heavy atom. The summed E-state index contributed by atoms with van der Waals surface area (Å²) < 4.78 is 19.3. The molecule has 1 saturated heterocycles. The lowest BCUT2D eigenvalue weighted by molar-refractivity contribution is 0.254. The van der Waals surface area contributed by atoms with Crippen molar-refractivity contribution in [2.75, 3.05) is 44.0 Å². The van der Waals surface area contributed by atoms with Crippen molar-refractivity contribution in [2.24, 2.45) is 7.05 Å². The first-order valence-electron chi connectivity index (χ1n) is 12.7. The molecule has 2 aromatic heterocycles. The van der Waals surface area contributed by atoms with Crippen LogP contribution in [0.1, 0.15) is 19.3 Å². The lowest BCUT2D eigenvalue weighted by Crippen LogP contribution is -2.21. The van der Waals surface area contributed by atoms with E-state index in [1.807, 2.05) is 6.07 Å². The first-order valence-corrected chi connectivity index (χ1v) is 13.1. The summed E-state index contributed by atoms with van der Waals surface area (Å²) in [4.78, 5) is 23.5. The van der Waals surface area contributed by atoms with Gasteiger partial charge in [-0.2, -0.15) is 5.10 Å². The van der Waals surface area contributed by atoms with Gasteiger partial charge < -0.3 is 29.7 Å². The monoisotopic (exact) mass is 551 g/mol. The van der Waals surface area contributed by atoms with Gasteiger partial charge in [-0.3, -0.25) is 4.68 Å². The normalized spacial score (nSPS) is 13.4. The number of aromatic nitrogens is 4. The Bertz CT molecular complexity index is 1460. The summed E-state index contributed by atoms with van der Waals surface area (Å²) in [5.41, 5.74) is 1.64. The van der Waals surface area contributed by atoms with Crippen LogP contribution in [0.4, 0.5) is 16.2 Å². The molecule has 2 amide bonds. The molecule has 0 atom stereocenters. The smallest absolute Gasteiger partial charge is 0.323 e. The topological polar surface area (TPSA) is 116 Å². The predicted octanol–water partition coefficient (Wildman–Crippen LogP) is 5.33. The molecule has 0 bridgehead atoms. The number of hydrogen-bond donors (Lipinski definition) is 2. The van der Waals surface area contributed by atoms with Crippen LogP contribution >= 0.6 is 11.6 Å². The number of carbonyl (C=O) groups is 1. The van der Waals surface area contributed by atoms with Crippen molar-refractivity contribution in [3.8, 4) is 23.1 Å². The zero-order valence-corrected chi connectivity index (χ0v) is 22.6. The van der Waals surface area contributed by atoms with Gasteiger partial charge in [-0.1, -0.05) is 11.6 Å². The molecule has 0 saturated carbocycles. The number of carbonyl (C=O) groups excluding carboxylic acids is 1. The van der Waals surface area contributed by atoms with E-state index in [4.69, 9.17) is 25.8 Å². The maximum atomic E-state index is 12.3. The van der Waals surface area contributed by atoms with Gasteiger partial charge >= 0.3 is 6.03 Å². The summed E-state index contributed by atoms with van der Waals surface area (Å²) in [6.45, 7) is 3.96. The van der Waals surface area contributed by atoms with Crippen LogP contribution in [0.2, 0.25) is 5.02 Å².